The van der Waals surface area contributed by atoms with E-state index in [-0.39, 0.29) is 5.56 Å². The zero-order valence-electron chi connectivity index (χ0n) is 9.58. The van der Waals surface area contributed by atoms with E-state index in [4.69, 9.17) is 5.73 Å². The number of rotatable bonds is 2. The van der Waals surface area contributed by atoms with Gasteiger partial charge < -0.3 is 11.1 Å². The maximum atomic E-state index is 13.4. The normalized spacial score (nSPS) is 10.3. The number of hydrogen-bond acceptors (Lipinski definition) is 2. The van der Waals surface area contributed by atoms with Crippen LogP contribution in [0.25, 0.3) is 0 Å². The van der Waals surface area contributed by atoms with E-state index in [9.17, 15) is 9.18 Å². The minimum atomic E-state index is -0.482. The van der Waals surface area contributed by atoms with E-state index in [2.05, 4.69) is 37.2 Å². The molecule has 2 rings (SSSR count). The fourth-order valence-corrected chi connectivity index (χ4v) is 2.21. The first-order valence-electron chi connectivity index (χ1n) is 5.29. The number of nitrogens with two attached hydrogens (primary N) is 1. The van der Waals surface area contributed by atoms with Crippen LogP contribution in [0.4, 0.5) is 15.8 Å². The molecule has 0 unspecified atom stereocenters. The van der Waals surface area contributed by atoms with Gasteiger partial charge >= 0.3 is 0 Å². The third-order valence-electron chi connectivity index (χ3n) is 2.42. The van der Waals surface area contributed by atoms with Gasteiger partial charge in [0, 0.05) is 15.7 Å². The lowest BCUT2D eigenvalue weighted by Gasteiger charge is -2.08. The molecule has 3 nitrogen and oxygen atoms in total. The minimum absolute atomic E-state index is 0.240. The van der Waals surface area contributed by atoms with Crippen molar-refractivity contribution in [3.05, 3.63) is 56.7 Å². The first-order chi connectivity index (χ1) is 8.97. The number of amides is 1. The van der Waals surface area contributed by atoms with Gasteiger partial charge in [-0.1, -0.05) is 0 Å². The highest BCUT2D eigenvalue weighted by molar-refractivity contribution is 9.10. The summed E-state index contributed by atoms with van der Waals surface area (Å²) in [5.41, 5.74) is 7.00. The second kappa shape index (κ2) is 5.71. The largest absolute Gasteiger partial charge is 0.399 e. The summed E-state index contributed by atoms with van der Waals surface area (Å²) >= 11 is 6.33. The molecule has 3 N–H and O–H groups in total. The predicted octanol–water partition coefficient (Wildman–Crippen LogP) is 4.19. The molecule has 0 aromatic heterocycles. The average molecular weight is 388 g/mol. The third kappa shape index (κ3) is 3.33. The van der Waals surface area contributed by atoms with Gasteiger partial charge in [-0.3, -0.25) is 4.79 Å². The number of halogens is 3. The molecule has 98 valence electrons. The number of anilines is 2. The molecule has 2 aromatic rings. The zero-order valence-corrected chi connectivity index (χ0v) is 12.8. The van der Waals surface area contributed by atoms with Crippen LogP contribution in [-0.2, 0) is 0 Å². The highest BCUT2D eigenvalue weighted by Gasteiger charge is 2.10. The molecule has 0 saturated carbocycles. The molecular formula is C13H9Br2FN2O. The van der Waals surface area contributed by atoms with Crippen LogP contribution in [0, 0.1) is 5.82 Å². The Morgan fingerprint density at radius 3 is 2.47 bits per heavy atom. The van der Waals surface area contributed by atoms with Crippen LogP contribution in [-0.4, -0.2) is 5.91 Å². The van der Waals surface area contributed by atoms with Gasteiger partial charge in [0.2, 0.25) is 0 Å². The molecule has 0 radical (unpaired) electrons. The Kier molecular flexibility index (Phi) is 4.21. The Morgan fingerprint density at radius 2 is 1.84 bits per heavy atom. The quantitative estimate of drug-likeness (QED) is 0.759. The Bertz CT molecular complexity index is 647. The van der Waals surface area contributed by atoms with Gasteiger partial charge in [-0.05, 0) is 68.3 Å². The van der Waals surface area contributed by atoms with Gasteiger partial charge in [0.15, 0.2) is 0 Å². The molecule has 1 amide bonds. The second-order valence-electron chi connectivity index (χ2n) is 3.82. The summed E-state index contributed by atoms with van der Waals surface area (Å²) in [6, 6.07) is 9.22. The van der Waals surface area contributed by atoms with Crippen LogP contribution < -0.4 is 11.1 Å². The first kappa shape index (κ1) is 14.0. The topological polar surface area (TPSA) is 55.1 Å². The summed E-state index contributed by atoms with van der Waals surface area (Å²) in [7, 11) is 0. The molecule has 0 fully saturated rings. The predicted molar refractivity (Wildman–Crippen MR) is 80.6 cm³/mol. The van der Waals surface area contributed by atoms with Crippen molar-refractivity contribution in [1.29, 1.82) is 0 Å². The second-order valence-corrected chi connectivity index (χ2v) is 5.53. The van der Waals surface area contributed by atoms with E-state index in [0.29, 0.717) is 20.3 Å². The number of nitrogen functional groups attached to an aromatic ring is 1. The standard InChI is InChI=1S/C13H9Br2FN2O/c14-9-3-1-7(5-11(9)16)13(19)18-12-4-2-8(17)6-10(12)15/h1-6H,17H2,(H,18,19). The lowest BCUT2D eigenvalue weighted by Crippen LogP contribution is -2.12. The molecule has 0 bridgehead atoms. The molecule has 0 atom stereocenters. The van der Waals surface area contributed by atoms with Crippen molar-refractivity contribution in [3.63, 3.8) is 0 Å². The van der Waals surface area contributed by atoms with Crippen molar-refractivity contribution < 1.29 is 9.18 Å². The molecule has 19 heavy (non-hydrogen) atoms. The number of benzene rings is 2. The van der Waals surface area contributed by atoms with Crippen molar-refractivity contribution in [2.45, 2.75) is 0 Å². The Labute approximate surface area is 126 Å². The summed E-state index contributed by atoms with van der Waals surface area (Å²) in [6.07, 6.45) is 0. The van der Waals surface area contributed by atoms with Crippen LogP contribution in [0.15, 0.2) is 45.3 Å². The first-order valence-corrected chi connectivity index (χ1v) is 6.87. The third-order valence-corrected chi connectivity index (χ3v) is 3.72. The van der Waals surface area contributed by atoms with Crippen molar-refractivity contribution >= 4 is 49.1 Å². The van der Waals surface area contributed by atoms with E-state index in [1.54, 1.807) is 18.2 Å². The molecule has 0 spiro atoms. The maximum absolute atomic E-state index is 13.4. The average Bonchev–Trinajstić information content (AvgIpc) is 2.36. The summed E-state index contributed by atoms with van der Waals surface area (Å²) in [5, 5.41) is 2.68. The number of carbonyl (C=O) groups excluding carboxylic acids is 1. The molecule has 0 aliphatic heterocycles. The summed E-state index contributed by atoms with van der Waals surface area (Å²) < 4.78 is 14.3. The summed E-state index contributed by atoms with van der Waals surface area (Å²) in [5.74, 6) is -0.874. The van der Waals surface area contributed by atoms with E-state index in [1.165, 1.54) is 18.2 Å². The van der Waals surface area contributed by atoms with E-state index in [1.807, 2.05) is 0 Å². The smallest absolute Gasteiger partial charge is 0.255 e. The SMILES string of the molecule is Nc1ccc(NC(=O)c2ccc(Br)c(F)c2)c(Br)c1. The number of hydrogen-bond donors (Lipinski definition) is 2. The van der Waals surface area contributed by atoms with Crippen molar-refractivity contribution in [1.82, 2.24) is 0 Å². The molecule has 6 heteroatoms. The molecule has 0 aliphatic carbocycles. The summed E-state index contributed by atoms with van der Waals surface area (Å²) in [4.78, 5) is 12.0. The number of nitrogens with one attached hydrogen (secondary N) is 1. The highest BCUT2D eigenvalue weighted by Crippen LogP contribution is 2.25. The van der Waals surface area contributed by atoms with Gasteiger partial charge in [-0.25, -0.2) is 4.39 Å². The maximum Gasteiger partial charge on any atom is 0.255 e. The lowest BCUT2D eigenvalue weighted by molar-refractivity contribution is 0.102. The van der Waals surface area contributed by atoms with Gasteiger partial charge in [-0.2, -0.15) is 0 Å². The highest BCUT2D eigenvalue weighted by atomic mass is 79.9. The van der Waals surface area contributed by atoms with Gasteiger partial charge in [0.05, 0.1) is 10.2 Å². The van der Waals surface area contributed by atoms with Crippen LogP contribution in [0.1, 0.15) is 10.4 Å². The van der Waals surface area contributed by atoms with Crippen molar-refractivity contribution in [2.24, 2.45) is 0 Å². The Hall–Kier alpha value is -1.40. The van der Waals surface area contributed by atoms with Crippen LogP contribution >= 0.6 is 31.9 Å². The van der Waals surface area contributed by atoms with Gasteiger partial charge in [-0.15, -0.1) is 0 Å². The van der Waals surface area contributed by atoms with E-state index in [0.717, 1.165) is 0 Å². The fourth-order valence-electron chi connectivity index (χ4n) is 1.46. The molecular weight excluding hydrogens is 379 g/mol. The molecule has 2 aromatic carbocycles. The lowest BCUT2D eigenvalue weighted by atomic mass is 10.2. The summed E-state index contributed by atoms with van der Waals surface area (Å²) in [6.45, 7) is 0. The van der Waals surface area contributed by atoms with Crippen molar-refractivity contribution in [3.8, 4) is 0 Å². The Morgan fingerprint density at radius 1 is 1.11 bits per heavy atom. The van der Waals surface area contributed by atoms with Crippen LogP contribution in [0.2, 0.25) is 0 Å². The van der Waals surface area contributed by atoms with Crippen molar-refractivity contribution in [2.75, 3.05) is 11.1 Å². The molecule has 0 aliphatic rings. The van der Waals surface area contributed by atoms with Gasteiger partial charge in [0.25, 0.3) is 5.91 Å². The number of carbonyl (C=O) groups is 1. The Balaban J connectivity index is 2.23. The van der Waals surface area contributed by atoms with Gasteiger partial charge in [0.1, 0.15) is 5.82 Å². The van der Waals surface area contributed by atoms with E-state index >= 15 is 0 Å². The monoisotopic (exact) mass is 386 g/mol. The molecule has 0 saturated heterocycles. The van der Waals surface area contributed by atoms with Crippen LogP contribution in [0.3, 0.4) is 0 Å². The van der Waals surface area contributed by atoms with E-state index < -0.39 is 11.7 Å². The fraction of sp³-hybridized carbons (Fsp3) is 0. The van der Waals surface area contributed by atoms with Crippen LogP contribution in [0.5, 0.6) is 0 Å². The molecule has 0 heterocycles. The zero-order chi connectivity index (χ0) is 14.0. The minimum Gasteiger partial charge on any atom is -0.399 e.